The van der Waals surface area contributed by atoms with Gasteiger partial charge >= 0.3 is 11.8 Å². The molecule has 0 aliphatic carbocycles. The van der Waals surface area contributed by atoms with E-state index in [0.29, 0.717) is 0 Å². The molecule has 138 valence electrons. The van der Waals surface area contributed by atoms with Crippen molar-refractivity contribution in [2.24, 2.45) is 0 Å². The van der Waals surface area contributed by atoms with Crippen molar-refractivity contribution >= 4 is 35.0 Å². The largest absolute Gasteiger partial charge is 0.444 e. The van der Waals surface area contributed by atoms with Crippen molar-refractivity contribution in [2.45, 2.75) is 26.4 Å². The van der Waals surface area contributed by atoms with E-state index in [9.17, 15) is 24.1 Å². The molecule has 1 aromatic carbocycles. The summed E-state index contributed by atoms with van der Waals surface area (Å²) in [7, 11) is 0. The highest BCUT2D eigenvalue weighted by Crippen LogP contribution is 2.21. The lowest BCUT2D eigenvalue weighted by atomic mass is 10.2. The van der Waals surface area contributed by atoms with Crippen LogP contribution in [-0.2, 0) is 9.53 Å². The lowest BCUT2D eigenvalue weighted by Gasteiger charge is -2.26. The van der Waals surface area contributed by atoms with E-state index in [1.54, 1.807) is 20.8 Å². The van der Waals surface area contributed by atoms with Gasteiger partial charge in [0.1, 0.15) is 12.1 Å². The molecular weight excluding hydrogens is 357 g/mol. The highest BCUT2D eigenvalue weighted by Gasteiger charge is 2.24. The molecule has 1 N–H and O–H groups in total. The molecule has 0 atom stereocenters. The number of rotatable bonds is 6. The van der Waals surface area contributed by atoms with Gasteiger partial charge in [-0.3, -0.25) is 19.8 Å². The molecule has 0 spiro atoms. The monoisotopic (exact) mass is 375 g/mol. The molecule has 0 aromatic heterocycles. The number of carbonyl (C=O) groups is 2. The number of nitrogens with one attached hydrogen (secondary N) is 1. The Kier molecular flexibility index (Phi) is 7.10. The van der Waals surface area contributed by atoms with E-state index in [1.165, 1.54) is 6.07 Å². The number of hydrogen-bond acceptors (Lipinski definition) is 5. The van der Waals surface area contributed by atoms with E-state index in [4.69, 9.17) is 16.3 Å². The first-order valence-corrected chi connectivity index (χ1v) is 7.84. The average Bonchev–Trinajstić information content (AvgIpc) is 2.46. The van der Waals surface area contributed by atoms with Crippen molar-refractivity contribution in [3.8, 4) is 0 Å². The van der Waals surface area contributed by atoms with E-state index >= 15 is 0 Å². The number of ether oxygens (including phenoxy) is 1. The summed E-state index contributed by atoms with van der Waals surface area (Å²) in [5.41, 5.74) is -1.47. The summed E-state index contributed by atoms with van der Waals surface area (Å²) in [6.45, 7) is 4.75. The number of halogens is 2. The van der Waals surface area contributed by atoms with Crippen molar-refractivity contribution in [1.29, 1.82) is 0 Å². The van der Waals surface area contributed by atoms with E-state index in [0.717, 1.165) is 17.0 Å². The average molecular weight is 376 g/mol. The van der Waals surface area contributed by atoms with Gasteiger partial charge in [-0.2, -0.15) is 4.39 Å². The smallest absolute Gasteiger partial charge is 0.410 e. The minimum Gasteiger partial charge on any atom is -0.444 e. The van der Waals surface area contributed by atoms with E-state index in [2.05, 4.69) is 5.32 Å². The SMILES string of the molecule is CC(C)(C)OC(=O)N(CCCl)CC(=O)Nc1ccc(F)c([N+](=O)[O-])c1. The lowest BCUT2D eigenvalue weighted by Crippen LogP contribution is -2.42. The van der Waals surface area contributed by atoms with Crippen LogP contribution in [0.5, 0.6) is 0 Å². The predicted molar refractivity (Wildman–Crippen MR) is 90.2 cm³/mol. The van der Waals surface area contributed by atoms with E-state index in [-0.39, 0.29) is 24.7 Å². The fourth-order valence-corrected chi connectivity index (χ4v) is 1.97. The van der Waals surface area contributed by atoms with Gasteiger partial charge in [0.05, 0.1) is 4.92 Å². The van der Waals surface area contributed by atoms with Crippen LogP contribution in [-0.4, -0.2) is 46.4 Å². The molecule has 1 aromatic rings. The molecular formula is C15H19ClFN3O5. The summed E-state index contributed by atoms with van der Waals surface area (Å²) in [6.07, 6.45) is -0.714. The summed E-state index contributed by atoms with van der Waals surface area (Å²) in [5, 5.41) is 13.1. The second-order valence-corrected chi connectivity index (χ2v) is 6.44. The Morgan fingerprint density at radius 2 is 2.04 bits per heavy atom. The molecule has 2 amide bonds. The number of nitro groups is 1. The molecule has 0 saturated carbocycles. The molecule has 8 nitrogen and oxygen atoms in total. The van der Waals surface area contributed by atoms with Crippen LogP contribution in [0.3, 0.4) is 0 Å². The second-order valence-electron chi connectivity index (χ2n) is 6.06. The van der Waals surface area contributed by atoms with Crippen LogP contribution in [0.25, 0.3) is 0 Å². The minimum atomic E-state index is -1.01. The Hall–Kier alpha value is -2.42. The Morgan fingerprint density at radius 1 is 1.40 bits per heavy atom. The molecule has 0 radical (unpaired) electrons. The van der Waals surface area contributed by atoms with Gasteiger partial charge in [-0.1, -0.05) is 0 Å². The number of alkyl halides is 1. The molecule has 0 bridgehead atoms. The number of anilines is 1. The van der Waals surface area contributed by atoms with Crippen LogP contribution in [0.15, 0.2) is 18.2 Å². The summed E-state index contributed by atoms with van der Waals surface area (Å²) in [6, 6.07) is 2.95. The van der Waals surface area contributed by atoms with Crippen molar-refractivity contribution in [3.63, 3.8) is 0 Å². The van der Waals surface area contributed by atoms with Crippen LogP contribution in [0.4, 0.5) is 20.6 Å². The standard InChI is InChI=1S/C15H19ClFN3O5/c1-15(2,3)25-14(22)19(7-6-16)9-13(21)18-10-4-5-11(17)12(8-10)20(23)24/h4-5,8H,6-7,9H2,1-3H3,(H,18,21). The van der Waals surface area contributed by atoms with Gasteiger partial charge in [-0.25, -0.2) is 4.79 Å². The topological polar surface area (TPSA) is 102 Å². The molecule has 0 heterocycles. The number of benzene rings is 1. The molecule has 10 heteroatoms. The number of nitro benzene ring substituents is 1. The maximum Gasteiger partial charge on any atom is 0.410 e. The highest BCUT2D eigenvalue weighted by molar-refractivity contribution is 6.18. The van der Waals surface area contributed by atoms with Gasteiger partial charge in [0.25, 0.3) is 0 Å². The van der Waals surface area contributed by atoms with E-state index < -0.39 is 34.0 Å². The fraction of sp³-hybridized carbons (Fsp3) is 0.467. The summed E-state index contributed by atoms with van der Waals surface area (Å²) < 4.78 is 18.5. The summed E-state index contributed by atoms with van der Waals surface area (Å²) in [5.74, 6) is -1.55. The van der Waals surface area contributed by atoms with Crippen molar-refractivity contribution in [1.82, 2.24) is 4.90 Å². The molecule has 0 aliphatic heterocycles. The summed E-state index contributed by atoms with van der Waals surface area (Å²) in [4.78, 5) is 35.0. The van der Waals surface area contributed by atoms with Crippen molar-refractivity contribution in [3.05, 3.63) is 34.1 Å². The zero-order valence-corrected chi connectivity index (χ0v) is 14.8. The van der Waals surface area contributed by atoms with Crippen LogP contribution < -0.4 is 5.32 Å². The van der Waals surface area contributed by atoms with Gasteiger partial charge < -0.3 is 10.1 Å². The van der Waals surface area contributed by atoms with Gasteiger partial charge in [-0.05, 0) is 32.9 Å². The first-order valence-electron chi connectivity index (χ1n) is 7.31. The molecule has 0 unspecified atom stereocenters. The zero-order chi connectivity index (χ0) is 19.2. The van der Waals surface area contributed by atoms with Gasteiger partial charge in [0.15, 0.2) is 0 Å². The third-order valence-electron chi connectivity index (χ3n) is 2.77. The van der Waals surface area contributed by atoms with Crippen molar-refractivity contribution in [2.75, 3.05) is 24.3 Å². The van der Waals surface area contributed by atoms with E-state index in [1.807, 2.05) is 0 Å². The molecule has 25 heavy (non-hydrogen) atoms. The molecule has 0 saturated heterocycles. The van der Waals surface area contributed by atoms with Gasteiger partial charge in [0, 0.05) is 24.2 Å². The second kappa shape index (κ2) is 8.61. The predicted octanol–water partition coefficient (Wildman–Crippen LogP) is 3.15. The van der Waals surface area contributed by atoms with Crippen LogP contribution in [0.2, 0.25) is 0 Å². The first kappa shape index (κ1) is 20.6. The normalized spacial score (nSPS) is 10.9. The van der Waals surface area contributed by atoms with Crippen LogP contribution >= 0.6 is 11.6 Å². The van der Waals surface area contributed by atoms with Crippen molar-refractivity contribution < 1.29 is 23.6 Å². The Bertz CT molecular complexity index is 663. The quantitative estimate of drug-likeness (QED) is 0.467. The maximum absolute atomic E-state index is 13.3. The van der Waals surface area contributed by atoms with Gasteiger partial charge in [0.2, 0.25) is 11.7 Å². The minimum absolute atomic E-state index is 0.0353. The maximum atomic E-state index is 13.3. The number of nitrogens with zero attached hydrogens (tertiary/aromatic N) is 2. The van der Waals surface area contributed by atoms with Gasteiger partial charge in [-0.15, -0.1) is 11.6 Å². The molecule has 0 fully saturated rings. The lowest BCUT2D eigenvalue weighted by molar-refractivity contribution is -0.387. The number of hydrogen-bond donors (Lipinski definition) is 1. The molecule has 0 aliphatic rings. The first-order chi connectivity index (χ1) is 11.5. The van der Waals surface area contributed by atoms with Crippen LogP contribution in [0.1, 0.15) is 20.8 Å². The Morgan fingerprint density at radius 3 is 2.56 bits per heavy atom. The third kappa shape index (κ3) is 6.92. The number of carbonyl (C=O) groups excluding carboxylic acids is 2. The Labute approximate surface area is 149 Å². The third-order valence-corrected chi connectivity index (χ3v) is 2.94. The molecule has 1 rings (SSSR count). The highest BCUT2D eigenvalue weighted by atomic mass is 35.5. The number of amides is 2. The Balaban J connectivity index is 2.80. The fourth-order valence-electron chi connectivity index (χ4n) is 1.77. The zero-order valence-electron chi connectivity index (χ0n) is 14.0. The van der Waals surface area contributed by atoms with Crippen LogP contribution in [0, 0.1) is 15.9 Å². The summed E-state index contributed by atoms with van der Waals surface area (Å²) >= 11 is 5.63.